The molecule has 138 valence electrons. The van der Waals surface area contributed by atoms with Gasteiger partial charge in [-0.05, 0) is 38.8 Å². The number of likely N-dealkylation sites (tertiary alicyclic amines) is 1. The Morgan fingerprint density at radius 1 is 1.19 bits per heavy atom. The summed E-state index contributed by atoms with van der Waals surface area (Å²) in [7, 11) is 0. The van der Waals surface area contributed by atoms with Gasteiger partial charge >= 0.3 is 0 Å². The van der Waals surface area contributed by atoms with Crippen LogP contribution in [0.3, 0.4) is 0 Å². The summed E-state index contributed by atoms with van der Waals surface area (Å²) in [5.74, 6) is 1.69. The zero-order valence-corrected chi connectivity index (χ0v) is 15.3. The molecule has 1 saturated carbocycles. The number of benzene rings is 1. The zero-order valence-electron chi connectivity index (χ0n) is 15.3. The summed E-state index contributed by atoms with van der Waals surface area (Å²) in [5.41, 5.74) is 1.83. The Kier molecular flexibility index (Phi) is 4.57. The second kappa shape index (κ2) is 7.02. The molecular weight excluding hydrogens is 330 g/mol. The third kappa shape index (κ3) is 3.28. The van der Waals surface area contributed by atoms with E-state index in [-0.39, 0.29) is 11.9 Å². The molecule has 1 atom stereocenters. The van der Waals surface area contributed by atoms with Gasteiger partial charge in [-0.1, -0.05) is 0 Å². The Balaban J connectivity index is 1.62. The quantitative estimate of drug-likeness (QED) is 0.826. The SMILES string of the molecule is CCOc1cc2nccc(NC3CC(=O)N(C4CC4)C3)c2cc1OCC. The normalized spacial score (nSPS) is 19.8. The van der Waals surface area contributed by atoms with E-state index in [0.717, 1.165) is 41.7 Å². The molecule has 2 aliphatic rings. The first-order chi connectivity index (χ1) is 12.7. The summed E-state index contributed by atoms with van der Waals surface area (Å²) in [4.78, 5) is 18.7. The van der Waals surface area contributed by atoms with Crippen LogP contribution < -0.4 is 14.8 Å². The monoisotopic (exact) mass is 355 g/mol. The standard InChI is InChI=1S/C20H25N3O3/c1-3-25-18-10-15-16(7-8-21-17(15)11-19(18)26-4-2)22-13-9-20(24)23(12-13)14-5-6-14/h7-8,10-11,13-14H,3-6,9,12H2,1-2H3,(H,21,22). The minimum Gasteiger partial charge on any atom is -0.490 e. The highest BCUT2D eigenvalue weighted by Gasteiger charge is 2.39. The van der Waals surface area contributed by atoms with Crippen LogP contribution in [-0.2, 0) is 4.79 Å². The smallest absolute Gasteiger partial charge is 0.225 e. The molecule has 1 aromatic carbocycles. The molecule has 0 spiro atoms. The van der Waals surface area contributed by atoms with Crippen molar-refractivity contribution < 1.29 is 14.3 Å². The number of pyridine rings is 1. The molecule has 1 amide bonds. The molecule has 2 aromatic rings. The largest absolute Gasteiger partial charge is 0.490 e. The van der Waals surface area contributed by atoms with Crippen molar-refractivity contribution in [1.29, 1.82) is 0 Å². The fourth-order valence-electron chi connectivity index (χ4n) is 3.60. The van der Waals surface area contributed by atoms with E-state index in [4.69, 9.17) is 9.47 Å². The lowest BCUT2D eigenvalue weighted by Gasteiger charge is -2.18. The first-order valence-electron chi connectivity index (χ1n) is 9.44. The number of aromatic nitrogens is 1. The predicted octanol–water partition coefficient (Wildman–Crippen LogP) is 3.21. The molecule has 1 aliphatic carbocycles. The van der Waals surface area contributed by atoms with Crippen LogP contribution in [0.1, 0.15) is 33.1 Å². The first-order valence-corrected chi connectivity index (χ1v) is 9.44. The topological polar surface area (TPSA) is 63.7 Å². The molecule has 1 saturated heterocycles. The predicted molar refractivity (Wildman–Crippen MR) is 101 cm³/mol. The average molecular weight is 355 g/mol. The number of fused-ring (bicyclic) bond motifs is 1. The summed E-state index contributed by atoms with van der Waals surface area (Å²) in [5, 5.41) is 4.53. The lowest BCUT2D eigenvalue weighted by Crippen LogP contribution is -2.29. The molecule has 0 bridgehead atoms. The molecule has 6 nitrogen and oxygen atoms in total. The maximum absolute atomic E-state index is 12.2. The molecule has 2 fully saturated rings. The number of carbonyl (C=O) groups excluding carboxylic acids is 1. The third-order valence-electron chi connectivity index (χ3n) is 4.91. The number of ether oxygens (including phenoxy) is 2. The number of nitrogens with zero attached hydrogens (tertiary/aromatic N) is 2. The number of carbonyl (C=O) groups is 1. The highest BCUT2D eigenvalue weighted by Crippen LogP contribution is 2.36. The number of rotatable bonds is 7. The summed E-state index contributed by atoms with van der Waals surface area (Å²) < 4.78 is 11.4. The van der Waals surface area contributed by atoms with Gasteiger partial charge < -0.3 is 19.7 Å². The Bertz CT molecular complexity index is 819. The number of hydrogen-bond donors (Lipinski definition) is 1. The molecule has 6 heteroatoms. The van der Waals surface area contributed by atoms with E-state index >= 15 is 0 Å². The number of nitrogens with one attached hydrogen (secondary N) is 1. The van der Waals surface area contributed by atoms with Crippen LogP contribution in [0.4, 0.5) is 5.69 Å². The molecule has 0 radical (unpaired) electrons. The molecule has 26 heavy (non-hydrogen) atoms. The Hall–Kier alpha value is -2.50. The van der Waals surface area contributed by atoms with E-state index in [9.17, 15) is 4.79 Å². The van der Waals surface area contributed by atoms with Gasteiger partial charge in [-0.2, -0.15) is 0 Å². The van der Waals surface area contributed by atoms with Gasteiger partial charge in [0.15, 0.2) is 11.5 Å². The maximum Gasteiger partial charge on any atom is 0.225 e. The van der Waals surface area contributed by atoms with E-state index in [1.165, 1.54) is 0 Å². The Morgan fingerprint density at radius 3 is 2.62 bits per heavy atom. The van der Waals surface area contributed by atoms with Crippen LogP contribution in [0.25, 0.3) is 10.9 Å². The van der Waals surface area contributed by atoms with Crippen LogP contribution in [-0.4, -0.2) is 47.6 Å². The molecule has 1 N–H and O–H groups in total. The van der Waals surface area contributed by atoms with Crippen LogP contribution in [0.15, 0.2) is 24.4 Å². The van der Waals surface area contributed by atoms with E-state index in [2.05, 4.69) is 10.3 Å². The fourth-order valence-corrected chi connectivity index (χ4v) is 3.60. The minimum atomic E-state index is 0.135. The second-order valence-corrected chi connectivity index (χ2v) is 6.86. The number of anilines is 1. The van der Waals surface area contributed by atoms with Gasteiger partial charge in [0.1, 0.15) is 0 Å². The molecule has 1 unspecified atom stereocenters. The van der Waals surface area contributed by atoms with Crippen molar-refractivity contribution in [2.75, 3.05) is 25.1 Å². The zero-order chi connectivity index (χ0) is 18.1. The van der Waals surface area contributed by atoms with E-state index in [1.807, 2.05) is 36.9 Å². The van der Waals surface area contributed by atoms with Crippen molar-refractivity contribution in [3.63, 3.8) is 0 Å². The third-order valence-corrected chi connectivity index (χ3v) is 4.91. The van der Waals surface area contributed by atoms with E-state index in [0.29, 0.717) is 31.4 Å². The van der Waals surface area contributed by atoms with Crippen molar-refractivity contribution in [3.8, 4) is 11.5 Å². The number of amides is 1. The van der Waals surface area contributed by atoms with Crippen LogP contribution >= 0.6 is 0 Å². The number of hydrogen-bond acceptors (Lipinski definition) is 5. The van der Waals surface area contributed by atoms with Crippen molar-refractivity contribution in [2.24, 2.45) is 0 Å². The van der Waals surface area contributed by atoms with Gasteiger partial charge in [0.05, 0.1) is 24.8 Å². The molecule has 4 rings (SSSR count). The van der Waals surface area contributed by atoms with Crippen LogP contribution in [0, 0.1) is 0 Å². The molecule has 2 heterocycles. The van der Waals surface area contributed by atoms with Gasteiger partial charge in [-0.15, -0.1) is 0 Å². The summed E-state index contributed by atoms with van der Waals surface area (Å²) >= 11 is 0. The van der Waals surface area contributed by atoms with Gasteiger partial charge in [0.2, 0.25) is 5.91 Å². The lowest BCUT2D eigenvalue weighted by atomic mass is 10.1. The Morgan fingerprint density at radius 2 is 1.92 bits per heavy atom. The van der Waals surface area contributed by atoms with Crippen LogP contribution in [0.5, 0.6) is 11.5 Å². The summed E-state index contributed by atoms with van der Waals surface area (Å²) in [6.45, 7) is 5.84. The van der Waals surface area contributed by atoms with Gasteiger partial charge in [-0.25, -0.2) is 0 Å². The molecular formula is C20H25N3O3. The van der Waals surface area contributed by atoms with Gasteiger partial charge in [-0.3, -0.25) is 9.78 Å². The van der Waals surface area contributed by atoms with E-state index < -0.39 is 0 Å². The molecule has 1 aromatic heterocycles. The van der Waals surface area contributed by atoms with Crippen molar-refractivity contribution in [2.45, 2.75) is 45.2 Å². The average Bonchev–Trinajstić information content (AvgIpc) is 3.40. The van der Waals surface area contributed by atoms with Crippen LogP contribution in [0.2, 0.25) is 0 Å². The lowest BCUT2D eigenvalue weighted by molar-refractivity contribution is -0.128. The minimum absolute atomic E-state index is 0.135. The Labute approximate surface area is 153 Å². The maximum atomic E-state index is 12.2. The van der Waals surface area contributed by atoms with Crippen molar-refractivity contribution >= 4 is 22.5 Å². The van der Waals surface area contributed by atoms with Crippen molar-refractivity contribution in [3.05, 3.63) is 24.4 Å². The van der Waals surface area contributed by atoms with Crippen molar-refractivity contribution in [1.82, 2.24) is 9.88 Å². The highest BCUT2D eigenvalue weighted by atomic mass is 16.5. The second-order valence-electron chi connectivity index (χ2n) is 6.86. The fraction of sp³-hybridized carbons (Fsp3) is 0.500. The molecule has 1 aliphatic heterocycles. The highest BCUT2D eigenvalue weighted by molar-refractivity contribution is 5.94. The van der Waals surface area contributed by atoms with E-state index in [1.54, 1.807) is 6.20 Å². The summed E-state index contributed by atoms with van der Waals surface area (Å²) in [6.07, 6.45) is 4.63. The first kappa shape index (κ1) is 16.9. The van der Waals surface area contributed by atoms with Gasteiger partial charge in [0.25, 0.3) is 0 Å². The van der Waals surface area contributed by atoms with Gasteiger partial charge in [0, 0.05) is 42.3 Å². The summed E-state index contributed by atoms with van der Waals surface area (Å²) in [6, 6.07) is 6.47.